The second-order valence-electron chi connectivity index (χ2n) is 9.08. The number of fused-ring (bicyclic) bond motifs is 3. The molecule has 0 aliphatic heterocycles. The molecule has 0 bridgehead atoms. The number of rotatable bonds is 11. The van der Waals surface area contributed by atoms with Crippen molar-refractivity contribution >= 4 is 18.0 Å². The number of likely N-dealkylation sites (N-methyl/N-ethyl adjacent to an activating group) is 1. The van der Waals surface area contributed by atoms with Crippen LogP contribution in [0, 0.1) is 0 Å². The quantitative estimate of drug-likeness (QED) is 0.449. The van der Waals surface area contributed by atoms with Crippen molar-refractivity contribution in [3.63, 3.8) is 0 Å². The van der Waals surface area contributed by atoms with Crippen LogP contribution < -0.4 is 5.32 Å². The summed E-state index contributed by atoms with van der Waals surface area (Å²) in [6.45, 7) is 3.83. The molecule has 1 aliphatic carbocycles. The molecule has 3 N–H and O–H groups in total. The van der Waals surface area contributed by atoms with Crippen molar-refractivity contribution in [2.24, 2.45) is 0 Å². The van der Waals surface area contributed by atoms with Crippen LogP contribution in [-0.4, -0.2) is 64.9 Å². The summed E-state index contributed by atoms with van der Waals surface area (Å²) in [5, 5.41) is 22.2. The number of hydrogen-bond donors (Lipinski definition) is 3. The van der Waals surface area contributed by atoms with Crippen LogP contribution in [0.2, 0.25) is 0 Å². The minimum Gasteiger partial charge on any atom is -0.481 e. The molecular weight excluding hydrogens is 448 g/mol. The first kappa shape index (κ1) is 26.2. The van der Waals surface area contributed by atoms with Gasteiger partial charge in [0.25, 0.3) is 0 Å². The Hall–Kier alpha value is -3.39. The van der Waals surface area contributed by atoms with Gasteiger partial charge in [0.15, 0.2) is 0 Å². The SMILES string of the molecule is CCC(O)(CC)CN(C)C(=O)C(CCC(=O)O)NC(=O)OCC1c2ccccc2-c2ccccc21. The van der Waals surface area contributed by atoms with Gasteiger partial charge >= 0.3 is 12.1 Å². The van der Waals surface area contributed by atoms with Gasteiger partial charge in [0.05, 0.1) is 5.60 Å². The van der Waals surface area contributed by atoms with Crippen LogP contribution in [-0.2, 0) is 14.3 Å². The van der Waals surface area contributed by atoms with Crippen molar-refractivity contribution in [2.45, 2.75) is 57.1 Å². The fourth-order valence-electron chi connectivity index (χ4n) is 4.57. The number of benzene rings is 2. The van der Waals surface area contributed by atoms with Crippen molar-refractivity contribution in [3.8, 4) is 11.1 Å². The van der Waals surface area contributed by atoms with Gasteiger partial charge in [0.2, 0.25) is 5.91 Å². The van der Waals surface area contributed by atoms with Gasteiger partial charge in [-0.25, -0.2) is 4.79 Å². The maximum absolute atomic E-state index is 13.0. The van der Waals surface area contributed by atoms with Crippen molar-refractivity contribution in [1.82, 2.24) is 10.2 Å². The molecule has 2 aromatic carbocycles. The Morgan fingerprint density at radius 3 is 2.09 bits per heavy atom. The Bertz CT molecular complexity index is 1020. The van der Waals surface area contributed by atoms with E-state index in [1.54, 1.807) is 0 Å². The molecule has 8 heteroatoms. The van der Waals surface area contributed by atoms with Gasteiger partial charge in [0, 0.05) is 25.9 Å². The maximum Gasteiger partial charge on any atom is 0.407 e. The monoisotopic (exact) mass is 482 g/mol. The van der Waals surface area contributed by atoms with Crippen molar-refractivity contribution in [1.29, 1.82) is 0 Å². The average molecular weight is 483 g/mol. The summed E-state index contributed by atoms with van der Waals surface area (Å²) in [7, 11) is 1.53. The highest BCUT2D eigenvalue weighted by Gasteiger charge is 2.32. The number of carbonyl (C=O) groups excluding carboxylic acids is 2. The van der Waals surface area contributed by atoms with Crippen LogP contribution in [0.25, 0.3) is 11.1 Å². The number of carboxylic acid groups (broad SMARTS) is 1. The zero-order valence-electron chi connectivity index (χ0n) is 20.5. The second kappa shape index (κ2) is 11.4. The average Bonchev–Trinajstić information content (AvgIpc) is 3.18. The summed E-state index contributed by atoms with van der Waals surface area (Å²) in [4.78, 5) is 38.2. The molecule has 1 atom stereocenters. The zero-order chi connectivity index (χ0) is 25.6. The summed E-state index contributed by atoms with van der Waals surface area (Å²) in [6, 6.07) is 14.9. The largest absolute Gasteiger partial charge is 0.481 e. The topological polar surface area (TPSA) is 116 Å². The lowest BCUT2D eigenvalue weighted by atomic mass is 9.96. The number of alkyl carbamates (subject to hydrolysis) is 1. The Morgan fingerprint density at radius 2 is 1.57 bits per heavy atom. The molecule has 3 rings (SSSR count). The molecule has 35 heavy (non-hydrogen) atoms. The predicted molar refractivity (Wildman–Crippen MR) is 132 cm³/mol. The molecule has 8 nitrogen and oxygen atoms in total. The number of carbonyl (C=O) groups is 3. The number of amides is 2. The first-order chi connectivity index (χ1) is 16.7. The number of nitrogens with one attached hydrogen (secondary N) is 1. The van der Waals surface area contributed by atoms with E-state index in [4.69, 9.17) is 9.84 Å². The standard InChI is InChI=1S/C27H34N2O6/c1-4-27(34,5-2)17-29(3)25(32)23(14-15-24(30)31)28-26(33)35-16-22-20-12-8-6-10-18(20)19-11-7-9-13-21(19)22/h6-13,22-23,34H,4-5,14-17H2,1-3H3,(H,28,33)(H,30,31). The van der Waals surface area contributed by atoms with Gasteiger partial charge in [0.1, 0.15) is 12.6 Å². The number of hydrogen-bond acceptors (Lipinski definition) is 5. The fourth-order valence-corrected chi connectivity index (χ4v) is 4.57. The van der Waals surface area contributed by atoms with Crippen LogP contribution in [0.3, 0.4) is 0 Å². The van der Waals surface area contributed by atoms with Gasteiger partial charge in [-0.15, -0.1) is 0 Å². The number of nitrogens with zero attached hydrogens (tertiary/aromatic N) is 1. The van der Waals surface area contributed by atoms with Crippen LogP contribution in [0.4, 0.5) is 4.79 Å². The number of ether oxygens (including phenoxy) is 1. The van der Waals surface area contributed by atoms with E-state index in [9.17, 15) is 19.5 Å². The smallest absolute Gasteiger partial charge is 0.407 e. The lowest BCUT2D eigenvalue weighted by Crippen LogP contribution is -2.51. The summed E-state index contributed by atoms with van der Waals surface area (Å²) < 4.78 is 5.53. The molecule has 0 aromatic heterocycles. The third kappa shape index (κ3) is 6.19. The predicted octanol–water partition coefficient (Wildman–Crippen LogP) is 3.77. The van der Waals surface area contributed by atoms with E-state index >= 15 is 0 Å². The van der Waals surface area contributed by atoms with E-state index in [2.05, 4.69) is 5.32 Å². The molecule has 0 saturated carbocycles. The Labute approximate surface area is 205 Å². The highest BCUT2D eigenvalue weighted by molar-refractivity contribution is 5.86. The molecule has 0 spiro atoms. The molecule has 0 heterocycles. The summed E-state index contributed by atoms with van der Waals surface area (Å²) in [5.74, 6) is -1.67. The van der Waals surface area contributed by atoms with E-state index in [1.807, 2.05) is 62.4 Å². The summed E-state index contributed by atoms with van der Waals surface area (Å²) in [6.07, 6.45) is -0.245. The molecule has 1 aliphatic rings. The third-order valence-corrected chi connectivity index (χ3v) is 6.80. The van der Waals surface area contributed by atoms with Gasteiger partial charge in [-0.05, 0) is 41.5 Å². The van der Waals surface area contributed by atoms with Crippen molar-refractivity contribution in [2.75, 3.05) is 20.2 Å². The fraction of sp³-hybridized carbons (Fsp3) is 0.444. The van der Waals surface area contributed by atoms with Crippen LogP contribution in [0.1, 0.15) is 56.6 Å². The molecule has 2 amide bonds. The summed E-state index contributed by atoms with van der Waals surface area (Å²) in [5.41, 5.74) is 3.29. The van der Waals surface area contributed by atoms with Crippen LogP contribution >= 0.6 is 0 Å². The highest BCUT2D eigenvalue weighted by atomic mass is 16.5. The van der Waals surface area contributed by atoms with Crippen LogP contribution in [0.5, 0.6) is 0 Å². The van der Waals surface area contributed by atoms with E-state index in [0.29, 0.717) is 12.8 Å². The Balaban J connectivity index is 1.68. The van der Waals surface area contributed by atoms with Gasteiger partial charge in [-0.2, -0.15) is 0 Å². The molecule has 188 valence electrons. The van der Waals surface area contributed by atoms with E-state index < -0.39 is 29.6 Å². The second-order valence-corrected chi connectivity index (χ2v) is 9.08. The molecule has 0 radical (unpaired) electrons. The first-order valence-corrected chi connectivity index (χ1v) is 12.0. The number of aliphatic carboxylic acids is 1. The van der Waals surface area contributed by atoms with E-state index in [1.165, 1.54) is 11.9 Å². The highest BCUT2D eigenvalue weighted by Crippen LogP contribution is 2.44. The Morgan fingerprint density at radius 1 is 1.03 bits per heavy atom. The Kier molecular flexibility index (Phi) is 8.51. The lowest BCUT2D eigenvalue weighted by Gasteiger charge is -2.32. The van der Waals surface area contributed by atoms with Crippen molar-refractivity contribution < 1.29 is 29.3 Å². The summed E-state index contributed by atoms with van der Waals surface area (Å²) >= 11 is 0. The first-order valence-electron chi connectivity index (χ1n) is 12.0. The normalized spacial score (nSPS) is 13.5. The molecule has 0 fully saturated rings. The maximum atomic E-state index is 13.0. The van der Waals surface area contributed by atoms with E-state index in [0.717, 1.165) is 22.3 Å². The van der Waals surface area contributed by atoms with Gasteiger partial charge in [-0.3, -0.25) is 9.59 Å². The van der Waals surface area contributed by atoms with Crippen molar-refractivity contribution in [3.05, 3.63) is 59.7 Å². The minimum absolute atomic E-state index is 0.0781. The van der Waals surface area contributed by atoms with Gasteiger partial charge < -0.3 is 25.2 Å². The number of carboxylic acids is 1. The zero-order valence-corrected chi connectivity index (χ0v) is 20.5. The minimum atomic E-state index is -1.08. The van der Waals surface area contributed by atoms with Crippen LogP contribution in [0.15, 0.2) is 48.5 Å². The van der Waals surface area contributed by atoms with Gasteiger partial charge in [-0.1, -0.05) is 62.4 Å². The molecule has 2 aromatic rings. The number of aliphatic hydroxyl groups is 1. The van der Waals surface area contributed by atoms with E-state index in [-0.39, 0.29) is 31.9 Å². The molecular formula is C27H34N2O6. The molecule has 1 unspecified atom stereocenters. The third-order valence-electron chi connectivity index (χ3n) is 6.80. The lowest BCUT2D eigenvalue weighted by molar-refractivity contribution is -0.138. The molecule has 0 saturated heterocycles.